The molecule has 0 aliphatic carbocycles. The zero-order valence-corrected chi connectivity index (χ0v) is 11.5. The van der Waals surface area contributed by atoms with Crippen LogP contribution in [0.1, 0.15) is 24.9 Å². The summed E-state index contributed by atoms with van der Waals surface area (Å²) in [5.74, 6) is -0.751. The van der Waals surface area contributed by atoms with Gasteiger partial charge in [-0.25, -0.2) is 8.78 Å². The molecular weight excluding hydrogens is 260 g/mol. The van der Waals surface area contributed by atoms with Crippen molar-refractivity contribution in [3.05, 3.63) is 59.7 Å². The number of hydrogen-bond donors (Lipinski definition) is 1. The molecule has 20 heavy (non-hydrogen) atoms. The lowest BCUT2D eigenvalue weighted by Gasteiger charge is -2.14. The van der Waals surface area contributed by atoms with Crippen LogP contribution in [0.5, 0.6) is 11.5 Å². The van der Waals surface area contributed by atoms with Gasteiger partial charge in [0.2, 0.25) is 0 Å². The van der Waals surface area contributed by atoms with Crippen LogP contribution in [-0.2, 0) is 0 Å². The SMILES string of the molecule is CCC(NC)c1ccc(Oc2cc(F)ccc2F)cc1. The molecule has 4 heteroatoms. The van der Waals surface area contributed by atoms with E-state index in [4.69, 9.17) is 4.74 Å². The fourth-order valence-electron chi connectivity index (χ4n) is 2.06. The van der Waals surface area contributed by atoms with Gasteiger partial charge in [0.15, 0.2) is 11.6 Å². The minimum atomic E-state index is -0.586. The van der Waals surface area contributed by atoms with E-state index < -0.39 is 11.6 Å². The number of rotatable bonds is 5. The lowest BCUT2D eigenvalue weighted by molar-refractivity contribution is 0.436. The highest BCUT2D eigenvalue weighted by Gasteiger charge is 2.09. The molecule has 0 aromatic heterocycles. The summed E-state index contributed by atoms with van der Waals surface area (Å²) >= 11 is 0. The molecule has 0 saturated carbocycles. The average Bonchev–Trinajstić information content (AvgIpc) is 2.46. The summed E-state index contributed by atoms with van der Waals surface area (Å²) in [6.07, 6.45) is 0.967. The van der Waals surface area contributed by atoms with Crippen LogP contribution in [0.2, 0.25) is 0 Å². The summed E-state index contributed by atoms with van der Waals surface area (Å²) in [6, 6.07) is 10.7. The van der Waals surface area contributed by atoms with Crippen molar-refractivity contribution < 1.29 is 13.5 Å². The first-order chi connectivity index (χ1) is 9.63. The quantitative estimate of drug-likeness (QED) is 0.873. The van der Waals surface area contributed by atoms with Crippen LogP contribution in [0.15, 0.2) is 42.5 Å². The lowest BCUT2D eigenvalue weighted by Crippen LogP contribution is -2.14. The van der Waals surface area contributed by atoms with Gasteiger partial charge in [-0.15, -0.1) is 0 Å². The minimum Gasteiger partial charge on any atom is -0.454 e. The number of nitrogens with one attached hydrogen (secondary N) is 1. The fraction of sp³-hybridized carbons (Fsp3) is 0.250. The Morgan fingerprint density at radius 2 is 1.80 bits per heavy atom. The van der Waals surface area contributed by atoms with Gasteiger partial charge >= 0.3 is 0 Å². The summed E-state index contributed by atoms with van der Waals surface area (Å²) < 4.78 is 31.9. The predicted molar refractivity (Wildman–Crippen MR) is 75.0 cm³/mol. The predicted octanol–water partition coefficient (Wildman–Crippen LogP) is 4.43. The van der Waals surface area contributed by atoms with Crippen LogP contribution in [-0.4, -0.2) is 7.05 Å². The maximum absolute atomic E-state index is 13.5. The van der Waals surface area contributed by atoms with Gasteiger partial charge in [0.25, 0.3) is 0 Å². The molecule has 106 valence electrons. The molecule has 0 heterocycles. The summed E-state index contributed by atoms with van der Waals surface area (Å²) in [5, 5.41) is 3.20. The van der Waals surface area contributed by atoms with Crippen LogP contribution in [0.3, 0.4) is 0 Å². The van der Waals surface area contributed by atoms with Crippen LogP contribution < -0.4 is 10.1 Å². The van der Waals surface area contributed by atoms with E-state index in [9.17, 15) is 8.78 Å². The van der Waals surface area contributed by atoms with Crippen molar-refractivity contribution in [1.82, 2.24) is 5.32 Å². The zero-order valence-electron chi connectivity index (χ0n) is 11.5. The second-order valence-electron chi connectivity index (χ2n) is 4.50. The standard InChI is InChI=1S/C16H17F2NO/c1-3-15(19-2)11-4-7-13(8-5-11)20-16-10-12(17)6-9-14(16)18/h4-10,15,19H,3H2,1-2H3. The first-order valence-electron chi connectivity index (χ1n) is 6.54. The van der Waals surface area contributed by atoms with E-state index in [2.05, 4.69) is 12.2 Å². The molecule has 0 radical (unpaired) electrons. The number of ether oxygens (including phenoxy) is 1. The largest absolute Gasteiger partial charge is 0.454 e. The van der Waals surface area contributed by atoms with E-state index in [-0.39, 0.29) is 11.8 Å². The summed E-state index contributed by atoms with van der Waals surface area (Å²) in [4.78, 5) is 0. The van der Waals surface area contributed by atoms with E-state index in [0.717, 1.165) is 30.2 Å². The molecule has 0 aliphatic rings. The monoisotopic (exact) mass is 277 g/mol. The summed E-state index contributed by atoms with van der Waals surface area (Å²) in [6.45, 7) is 2.09. The Kier molecular flexibility index (Phi) is 4.69. The highest BCUT2D eigenvalue weighted by Crippen LogP contribution is 2.26. The van der Waals surface area contributed by atoms with E-state index >= 15 is 0 Å². The van der Waals surface area contributed by atoms with Crippen molar-refractivity contribution in [3.63, 3.8) is 0 Å². The maximum atomic E-state index is 13.5. The Bertz CT molecular complexity index is 565. The lowest BCUT2D eigenvalue weighted by atomic mass is 10.0. The third kappa shape index (κ3) is 3.33. The second kappa shape index (κ2) is 6.48. The molecule has 2 aromatic rings. The Balaban J connectivity index is 2.16. The average molecular weight is 277 g/mol. The van der Waals surface area contributed by atoms with Crippen molar-refractivity contribution in [1.29, 1.82) is 0 Å². The molecule has 0 spiro atoms. The Morgan fingerprint density at radius 1 is 1.10 bits per heavy atom. The molecule has 0 saturated heterocycles. The van der Waals surface area contributed by atoms with Crippen molar-refractivity contribution in [3.8, 4) is 11.5 Å². The topological polar surface area (TPSA) is 21.3 Å². The first kappa shape index (κ1) is 14.5. The van der Waals surface area contributed by atoms with E-state index in [1.807, 2.05) is 19.2 Å². The van der Waals surface area contributed by atoms with Crippen LogP contribution in [0.4, 0.5) is 8.78 Å². The third-order valence-corrected chi connectivity index (χ3v) is 3.16. The Morgan fingerprint density at radius 3 is 2.40 bits per heavy atom. The maximum Gasteiger partial charge on any atom is 0.165 e. The Hall–Kier alpha value is -1.94. The molecule has 1 N–H and O–H groups in total. The van der Waals surface area contributed by atoms with E-state index in [0.29, 0.717) is 5.75 Å². The normalized spacial score (nSPS) is 12.2. The van der Waals surface area contributed by atoms with Crippen molar-refractivity contribution in [2.75, 3.05) is 7.05 Å². The molecule has 0 aliphatic heterocycles. The van der Waals surface area contributed by atoms with E-state index in [1.54, 1.807) is 12.1 Å². The highest BCUT2D eigenvalue weighted by atomic mass is 19.1. The van der Waals surface area contributed by atoms with Crippen LogP contribution in [0, 0.1) is 11.6 Å². The van der Waals surface area contributed by atoms with Crippen molar-refractivity contribution in [2.45, 2.75) is 19.4 Å². The molecule has 0 bridgehead atoms. The molecule has 2 nitrogen and oxygen atoms in total. The number of halogens is 2. The van der Waals surface area contributed by atoms with Crippen molar-refractivity contribution in [2.24, 2.45) is 0 Å². The smallest absolute Gasteiger partial charge is 0.165 e. The summed E-state index contributed by atoms with van der Waals surface area (Å²) in [5.41, 5.74) is 1.13. The van der Waals surface area contributed by atoms with Gasteiger partial charge in [-0.1, -0.05) is 19.1 Å². The van der Waals surface area contributed by atoms with Crippen LogP contribution >= 0.6 is 0 Å². The Labute approximate surface area is 117 Å². The fourth-order valence-corrected chi connectivity index (χ4v) is 2.06. The van der Waals surface area contributed by atoms with Gasteiger partial charge in [-0.3, -0.25) is 0 Å². The molecule has 1 atom stereocenters. The molecule has 1 unspecified atom stereocenters. The van der Waals surface area contributed by atoms with Crippen molar-refractivity contribution >= 4 is 0 Å². The summed E-state index contributed by atoms with van der Waals surface area (Å²) in [7, 11) is 1.90. The van der Waals surface area contributed by atoms with E-state index in [1.165, 1.54) is 0 Å². The molecular formula is C16H17F2NO. The van der Waals surface area contributed by atoms with Gasteiger partial charge < -0.3 is 10.1 Å². The number of benzene rings is 2. The van der Waals surface area contributed by atoms with Gasteiger partial charge in [0.1, 0.15) is 11.6 Å². The van der Waals surface area contributed by atoms with Gasteiger partial charge in [0, 0.05) is 12.1 Å². The molecule has 0 amide bonds. The first-order valence-corrected chi connectivity index (χ1v) is 6.54. The minimum absolute atomic E-state index is 0.113. The highest BCUT2D eigenvalue weighted by molar-refractivity contribution is 5.35. The van der Waals surface area contributed by atoms with Gasteiger partial charge in [0.05, 0.1) is 0 Å². The second-order valence-corrected chi connectivity index (χ2v) is 4.50. The zero-order chi connectivity index (χ0) is 14.5. The van der Waals surface area contributed by atoms with Gasteiger partial charge in [-0.2, -0.15) is 0 Å². The number of hydrogen-bond acceptors (Lipinski definition) is 2. The van der Waals surface area contributed by atoms with Crippen LogP contribution in [0.25, 0.3) is 0 Å². The van der Waals surface area contributed by atoms with Gasteiger partial charge in [-0.05, 0) is 43.3 Å². The molecule has 2 aromatic carbocycles. The molecule has 0 fully saturated rings. The third-order valence-electron chi connectivity index (χ3n) is 3.16. The molecule has 2 rings (SSSR count).